The average Bonchev–Trinajstić information content (AvgIpc) is 2.94. The van der Waals surface area contributed by atoms with Gasteiger partial charge in [0, 0.05) is 55.5 Å². The minimum atomic E-state index is 0.440. The molecule has 0 radical (unpaired) electrons. The number of hydrogen-bond acceptors (Lipinski definition) is 4. The Morgan fingerprint density at radius 1 is 1.33 bits per heavy atom. The van der Waals surface area contributed by atoms with Crippen LogP contribution in [0.5, 0.6) is 0 Å². The predicted molar refractivity (Wildman–Crippen MR) is 71.5 cm³/mol. The molecular formula is C13H17N5. The van der Waals surface area contributed by atoms with E-state index in [1.54, 1.807) is 0 Å². The molecule has 1 fully saturated rings. The van der Waals surface area contributed by atoms with Crippen molar-refractivity contribution in [1.29, 1.82) is 0 Å². The normalized spacial score (nSPS) is 20.1. The number of nitrogens with one attached hydrogen (secondary N) is 2. The van der Waals surface area contributed by atoms with E-state index in [1.807, 2.05) is 30.7 Å². The summed E-state index contributed by atoms with van der Waals surface area (Å²) in [6, 6.07) is 4.43. The van der Waals surface area contributed by atoms with Crippen molar-refractivity contribution in [3.63, 3.8) is 0 Å². The molecule has 0 saturated carbocycles. The first-order valence-corrected chi connectivity index (χ1v) is 6.28. The van der Waals surface area contributed by atoms with E-state index < -0.39 is 0 Å². The Bertz CT molecular complexity index is 491. The van der Waals surface area contributed by atoms with Crippen LogP contribution in [0.15, 0.2) is 30.7 Å². The van der Waals surface area contributed by atoms with E-state index in [1.165, 1.54) is 0 Å². The van der Waals surface area contributed by atoms with Crippen molar-refractivity contribution in [3.8, 4) is 11.3 Å². The summed E-state index contributed by atoms with van der Waals surface area (Å²) < 4.78 is 0. The monoisotopic (exact) mass is 243 g/mol. The van der Waals surface area contributed by atoms with Gasteiger partial charge in [0.15, 0.2) is 0 Å². The number of hydrogen-bond donors (Lipinski definition) is 2. The zero-order valence-electron chi connectivity index (χ0n) is 10.4. The Morgan fingerprint density at radius 2 is 2.17 bits per heavy atom. The fourth-order valence-electron chi connectivity index (χ4n) is 2.26. The molecule has 5 nitrogen and oxygen atoms in total. The lowest BCUT2D eigenvalue weighted by molar-refractivity contribution is 0.493. The van der Waals surface area contributed by atoms with Crippen molar-refractivity contribution < 1.29 is 0 Å². The van der Waals surface area contributed by atoms with Crippen molar-refractivity contribution >= 4 is 5.95 Å². The van der Waals surface area contributed by atoms with Crippen LogP contribution in [0.1, 0.15) is 6.92 Å². The Kier molecular flexibility index (Phi) is 2.98. The van der Waals surface area contributed by atoms with Gasteiger partial charge in [0.1, 0.15) is 0 Å². The summed E-state index contributed by atoms with van der Waals surface area (Å²) in [5.74, 6) is 0.819. The van der Waals surface area contributed by atoms with E-state index in [4.69, 9.17) is 0 Å². The Balaban J connectivity index is 1.82. The second-order valence-corrected chi connectivity index (χ2v) is 4.60. The number of aromatic nitrogens is 3. The van der Waals surface area contributed by atoms with Gasteiger partial charge in [-0.3, -0.25) is 0 Å². The molecule has 1 unspecified atom stereocenters. The first kappa shape index (κ1) is 11.2. The Morgan fingerprint density at radius 3 is 2.83 bits per heavy atom. The fraction of sp³-hybridized carbons (Fsp3) is 0.385. The van der Waals surface area contributed by atoms with Gasteiger partial charge < -0.3 is 15.2 Å². The van der Waals surface area contributed by atoms with Crippen LogP contribution in [-0.2, 0) is 0 Å². The van der Waals surface area contributed by atoms with Crippen molar-refractivity contribution in [1.82, 2.24) is 20.3 Å². The SMILES string of the molecule is CC1CNCCN1c1ncc(-c2ccc[nH]2)cn1. The van der Waals surface area contributed by atoms with Gasteiger partial charge in [-0.25, -0.2) is 9.97 Å². The van der Waals surface area contributed by atoms with E-state index >= 15 is 0 Å². The molecular weight excluding hydrogens is 226 g/mol. The average molecular weight is 243 g/mol. The molecule has 2 aromatic heterocycles. The van der Waals surface area contributed by atoms with Gasteiger partial charge in [-0.15, -0.1) is 0 Å². The molecule has 18 heavy (non-hydrogen) atoms. The number of piperazine rings is 1. The molecule has 2 aromatic rings. The molecule has 3 rings (SSSR count). The zero-order valence-corrected chi connectivity index (χ0v) is 10.4. The Hall–Kier alpha value is -1.88. The van der Waals surface area contributed by atoms with Crippen molar-refractivity contribution in [2.24, 2.45) is 0 Å². The molecule has 1 saturated heterocycles. The van der Waals surface area contributed by atoms with Crippen molar-refractivity contribution in [3.05, 3.63) is 30.7 Å². The molecule has 1 aliphatic heterocycles. The van der Waals surface area contributed by atoms with Gasteiger partial charge in [-0.2, -0.15) is 0 Å². The van der Waals surface area contributed by atoms with Crippen LogP contribution in [0.2, 0.25) is 0 Å². The van der Waals surface area contributed by atoms with Gasteiger partial charge in [-0.1, -0.05) is 0 Å². The van der Waals surface area contributed by atoms with Crippen LogP contribution in [0.4, 0.5) is 5.95 Å². The summed E-state index contributed by atoms with van der Waals surface area (Å²) in [6.45, 7) is 5.13. The third-order valence-corrected chi connectivity index (χ3v) is 3.31. The number of nitrogens with zero attached hydrogens (tertiary/aromatic N) is 3. The minimum absolute atomic E-state index is 0.440. The van der Waals surface area contributed by atoms with E-state index in [9.17, 15) is 0 Å². The maximum atomic E-state index is 4.48. The van der Waals surface area contributed by atoms with Gasteiger partial charge in [0.05, 0.1) is 0 Å². The lowest BCUT2D eigenvalue weighted by Crippen LogP contribution is -2.50. The second-order valence-electron chi connectivity index (χ2n) is 4.60. The fourth-order valence-corrected chi connectivity index (χ4v) is 2.26. The van der Waals surface area contributed by atoms with Crippen LogP contribution in [0.3, 0.4) is 0 Å². The highest BCUT2D eigenvalue weighted by atomic mass is 15.3. The van der Waals surface area contributed by atoms with Crippen molar-refractivity contribution in [2.75, 3.05) is 24.5 Å². The number of anilines is 1. The summed E-state index contributed by atoms with van der Waals surface area (Å²) in [4.78, 5) is 14.4. The zero-order chi connectivity index (χ0) is 12.4. The quantitative estimate of drug-likeness (QED) is 0.834. The van der Waals surface area contributed by atoms with E-state index in [-0.39, 0.29) is 0 Å². The topological polar surface area (TPSA) is 56.8 Å². The van der Waals surface area contributed by atoms with E-state index in [0.29, 0.717) is 6.04 Å². The lowest BCUT2D eigenvalue weighted by Gasteiger charge is -2.33. The van der Waals surface area contributed by atoms with Gasteiger partial charge in [-0.05, 0) is 19.1 Å². The molecule has 3 heterocycles. The summed E-state index contributed by atoms with van der Waals surface area (Å²) in [7, 11) is 0. The largest absolute Gasteiger partial charge is 0.361 e. The molecule has 2 N–H and O–H groups in total. The summed E-state index contributed by atoms with van der Waals surface area (Å²) in [5.41, 5.74) is 2.07. The second kappa shape index (κ2) is 4.78. The van der Waals surface area contributed by atoms with E-state index in [0.717, 1.165) is 36.8 Å². The summed E-state index contributed by atoms with van der Waals surface area (Å²) in [6.07, 6.45) is 5.66. The first-order chi connectivity index (χ1) is 8.84. The lowest BCUT2D eigenvalue weighted by atomic mass is 10.2. The van der Waals surface area contributed by atoms with Crippen LogP contribution in [0, 0.1) is 0 Å². The van der Waals surface area contributed by atoms with E-state index in [2.05, 4.69) is 32.1 Å². The van der Waals surface area contributed by atoms with Gasteiger partial charge >= 0.3 is 0 Å². The number of rotatable bonds is 2. The van der Waals surface area contributed by atoms with Crippen LogP contribution in [0.25, 0.3) is 11.3 Å². The number of H-pyrrole nitrogens is 1. The molecule has 0 spiro atoms. The highest BCUT2D eigenvalue weighted by Crippen LogP contribution is 2.18. The molecule has 0 aliphatic carbocycles. The molecule has 0 aromatic carbocycles. The standard InChI is InChI=1S/C13H17N5/c1-10-7-14-5-6-18(10)13-16-8-11(9-17-13)12-3-2-4-15-12/h2-4,8-10,14-15H,5-7H2,1H3. The van der Waals surface area contributed by atoms with Gasteiger partial charge in [0.2, 0.25) is 5.95 Å². The predicted octanol–water partition coefficient (Wildman–Crippen LogP) is 1.27. The highest BCUT2D eigenvalue weighted by Gasteiger charge is 2.20. The molecule has 5 heteroatoms. The van der Waals surface area contributed by atoms with Gasteiger partial charge in [0.25, 0.3) is 0 Å². The third-order valence-electron chi connectivity index (χ3n) is 3.31. The molecule has 0 bridgehead atoms. The minimum Gasteiger partial charge on any atom is -0.361 e. The van der Waals surface area contributed by atoms with Crippen molar-refractivity contribution in [2.45, 2.75) is 13.0 Å². The first-order valence-electron chi connectivity index (χ1n) is 6.28. The smallest absolute Gasteiger partial charge is 0.225 e. The summed E-state index contributed by atoms with van der Waals surface area (Å²) >= 11 is 0. The molecule has 0 amide bonds. The van der Waals surface area contributed by atoms with Crippen LogP contribution < -0.4 is 10.2 Å². The molecule has 1 aliphatic rings. The maximum Gasteiger partial charge on any atom is 0.225 e. The third kappa shape index (κ3) is 2.09. The van der Waals surface area contributed by atoms with Crippen LogP contribution in [-0.4, -0.2) is 40.6 Å². The van der Waals surface area contributed by atoms with Crippen LogP contribution >= 0.6 is 0 Å². The maximum absolute atomic E-state index is 4.48. The number of aromatic amines is 1. The summed E-state index contributed by atoms with van der Waals surface area (Å²) in [5, 5.41) is 3.37. The Labute approximate surface area is 106 Å². The molecule has 94 valence electrons. The highest BCUT2D eigenvalue weighted by molar-refractivity contribution is 5.57. The molecule has 1 atom stereocenters.